The molecule has 0 radical (unpaired) electrons. The summed E-state index contributed by atoms with van der Waals surface area (Å²) >= 11 is 0. The highest BCUT2D eigenvalue weighted by molar-refractivity contribution is 5.73. The summed E-state index contributed by atoms with van der Waals surface area (Å²) in [5.74, 6) is 0.684. The summed E-state index contributed by atoms with van der Waals surface area (Å²) in [6.45, 7) is 9.69. The fraction of sp³-hybridized carbons (Fsp3) is 0.667. The van der Waals surface area contributed by atoms with Gasteiger partial charge in [-0.1, -0.05) is 31.2 Å². The Kier molecular flexibility index (Phi) is 5.80. The van der Waals surface area contributed by atoms with Gasteiger partial charge in [0, 0.05) is 39.6 Å². The van der Waals surface area contributed by atoms with E-state index in [0.29, 0.717) is 5.92 Å². The van der Waals surface area contributed by atoms with Crippen LogP contribution in [0.1, 0.15) is 37.8 Å². The van der Waals surface area contributed by atoms with Crippen molar-refractivity contribution in [1.82, 2.24) is 9.80 Å². The zero-order valence-corrected chi connectivity index (χ0v) is 16.0. The van der Waals surface area contributed by atoms with Gasteiger partial charge in [0.25, 0.3) is 0 Å². The Balaban J connectivity index is 1.60. The predicted octanol–water partition coefficient (Wildman–Crippen LogP) is 2.96. The number of hydrogen-bond acceptors (Lipinski definition) is 3. The molecular weight excluding hydrogens is 312 g/mol. The zero-order valence-electron chi connectivity index (χ0n) is 16.0. The third-order valence-electron chi connectivity index (χ3n) is 6.31. The minimum Gasteiger partial charge on any atom is -0.384 e. The fourth-order valence-corrected chi connectivity index (χ4v) is 4.57. The van der Waals surface area contributed by atoms with Gasteiger partial charge < -0.3 is 9.64 Å². The molecule has 2 aliphatic rings. The second-order valence-electron chi connectivity index (χ2n) is 7.86. The van der Waals surface area contributed by atoms with Crippen molar-refractivity contribution >= 4 is 5.91 Å². The third kappa shape index (κ3) is 4.06. The molecule has 1 unspecified atom stereocenters. The molecule has 4 nitrogen and oxygen atoms in total. The summed E-state index contributed by atoms with van der Waals surface area (Å²) < 4.78 is 5.47. The number of nitrogens with zero attached hydrogens (tertiary/aromatic N) is 2. The van der Waals surface area contributed by atoms with Crippen molar-refractivity contribution in [2.24, 2.45) is 11.3 Å². The molecule has 0 aromatic heterocycles. The molecule has 25 heavy (non-hydrogen) atoms. The molecule has 1 atom stereocenters. The van der Waals surface area contributed by atoms with Gasteiger partial charge >= 0.3 is 0 Å². The van der Waals surface area contributed by atoms with Crippen molar-refractivity contribution < 1.29 is 9.53 Å². The van der Waals surface area contributed by atoms with E-state index >= 15 is 0 Å². The molecule has 1 amide bonds. The lowest BCUT2D eigenvalue weighted by Gasteiger charge is -2.42. The van der Waals surface area contributed by atoms with Gasteiger partial charge in [-0.25, -0.2) is 0 Å². The predicted molar refractivity (Wildman–Crippen MR) is 100 cm³/mol. The number of methoxy groups -OCH3 is 1. The van der Waals surface area contributed by atoms with Gasteiger partial charge in [0.15, 0.2) is 0 Å². The monoisotopic (exact) mass is 344 g/mol. The van der Waals surface area contributed by atoms with Crippen LogP contribution in [-0.4, -0.2) is 55.6 Å². The molecule has 0 N–H and O–H groups in total. The van der Waals surface area contributed by atoms with E-state index in [9.17, 15) is 4.79 Å². The number of aryl methyl sites for hydroxylation is 1. The van der Waals surface area contributed by atoms with Crippen LogP contribution in [0.15, 0.2) is 24.3 Å². The van der Waals surface area contributed by atoms with Crippen molar-refractivity contribution in [3.63, 3.8) is 0 Å². The number of ether oxygens (including phenoxy) is 1. The Morgan fingerprint density at radius 3 is 2.40 bits per heavy atom. The Labute approximate surface area is 152 Å². The van der Waals surface area contributed by atoms with Crippen LogP contribution in [0.5, 0.6) is 0 Å². The number of carbonyl (C=O) groups excluding carboxylic acids is 1. The first kappa shape index (κ1) is 18.4. The van der Waals surface area contributed by atoms with Crippen molar-refractivity contribution in [2.75, 3.05) is 39.9 Å². The maximum absolute atomic E-state index is 11.9. The number of rotatable bonds is 5. The van der Waals surface area contributed by atoms with E-state index in [0.717, 1.165) is 58.6 Å². The van der Waals surface area contributed by atoms with Crippen LogP contribution in [0.4, 0.5) is 0 Å². The van der Waals surface area contributed by atoms with Gasteiger partial charge in [-0.2, -0.15) is 0 Å². The lowest BCUT2D eigenvalue weighted by Crippen LogP contribution is -2.45. The maximum Gasteiger partial charge on any atom is 0.219 e. The van der Waals surface area contributed by atoms with Gasteiger partial charge in [0.05, 0.1) is 6.61 Å². The quantitative estimate of drug-likeness (QED) is 0.823. The Morgan fingerprint density at radius 2 is 1.84 bits per heavy atom. The summed E-state index contributed by atoms with van der Waals surface area (Å²) in [6.07, 6.45) is 3.43. The highest BCUT2D eigenvalue weighted by Crippen LogP contribution is 2.45. The summed E-state index contributed by atoms with van der Waals surface area (Å²) in [4.78, 5) is 16.4. The lowest BCUT2D eigenvalue weighted by molar-refractivity contribution is -0.128. The molecule has 2 aliphatic heterocycles. The first-order valence-corrected chi connectivity index (χ1v) is 9.61. The van der Waals surface area contributed by atoms with Crippen LogP contribution < -0.4 is 0 Å². The Hall–Kier alpha value is -1.39. The summed E-state index contributed by atoms with van der Waals surface area (Å²) in [6, 6.07) is 9.03. The summed E-state index contributed by atoms with van der Waals surface area (Å²) in [5.41, 5.74) is 3.06. The zero-order chi connectivity index (χ0) is 17.9. The van der Waals surface area contributed by atoms with E-state index in [-0.39, 0.29) is 11.3 Å². The molecule has 1 aromatic rings. The number of amides is 1. The van der Waals surface area contributed by atoms with E-state index in [1.165, 1.54) is 11.1 Å². The Bertz CT molecular complexity index is 576. The molecule has 0 saturated carbocycles. The molecule has 0 aliphatic carbocycles. The standard InChI is InChI=1S/C21H32N2O2/c1-4-18-5-7-19(8-6-18)13-22-11-9-21(10-12-22)16-23(17(2)24)14-20(21)15-25-3/h5-8,20H,4,9-16H2,1-3H3. The van der Waals surface area contributed by atoms with Gasteiger partial charge in [0.1, 0.15) is 0 Å². The van der Waals surface area contributed by atoms with Crippen molar-refractivity contribution in [3.8, 4) is 0 Å². The van der Waals surface area contributed by atoms with Crippen LogP contribution in [0.3, 0.4) is 0 Å². The fourth-order valence-electron chi connectivity index (χ4n) is 4.57. The van der Waals surface area contributed by atoms with E-state index < -0.39 is 0 Å². The molecule has 2 fully saturated rings. The number of hydrogen-bond donors (Lipinski definition) is 0. The minimum absolute atomic E-state index is 0.205. The molecule has 0 bridgehead atoms. The van der Waals surface area contributed by atoms with E-state index in [1.807, 2.05) is 4.90 Å². The average molecular weight is 344 g/mol. The van der Waals surface area contributed by atoms with Crippen molar-refractivity contribution in [1.29, 1.82) is 0 Å². The second kappa shape index (κ2) is 7.88. The maximum atomic E-state index is 11.9. The summed E-state index contributed by atoms with van der Waals surface area (Å²) in [7, 11) is 1.78. The topological polar surface area (TPSA) is 32.8 Å². The smallest absolute Gasteiger partial charge is 0.219 e. The van der Waals surface area contributed by atoms with Crippen LogP contribution in [0.2, 0.25) is 0 Å². The Morgan fingerprint density at radius 1 is 1.20 bits per heavy atom. The third-order valence-corrected chi connectivity index (χ3v) is 6.31. The van der Waals surface area contributed by atoms with E-state index in [2.05, 4.69) is 36.1 Å². The number of carbonyl (C=O) groups is 1. The average Bonchev–Trinajstić information content (AvgIpc) is 2.97. The van der Waals surface area contributed by atoms with Gasteiger partial charge in [0.2, 0.25) is 5.91 Å². The molecule has 1 spiro atoms. The molecule has 138 valence electrons. The molecular formula is C21H32N2O2. The van der Waals surface area contributed by atoms with Crippen LogP contribution in [-0.2, 0) is 22.5 Å². The van der Waals surface area contributed by atoms with E-state index in [1.54, 1.807) is 14.0 Å². The number of likely N-dealkylation sites (tertiary alicyclic amines) is 2. The van der Waals surface area contributed by atoms with Gasteiger partial charge in [-0.15, -0.1) is 0 Å². The first-order chi connectivity index (χ1) is 12.1. The van der Waals surface area contributed by atoms with Gasteiger partial charge in [-0.05, 0) is 48.9 Å². The van der Waals surface area contributed by atoms with Crippen molar-refractivity contribution in [3.05, 3.63) is 35.4 Å². The molecule has 2 heterocycles. The molecule has 4 heteroatoms. The highest BCUT2D eigenvalue weighted by Gasteiger charge is 2.48. The van der Waals surface area contributed by atoms with E-state index in [4.69, 9.17) is 4.74 Å². The summed E-state index contributed by atoms with van der Waals surface area (Å²) in [5, 5.41) is 0. The molecule has 2 saturated heterocycles. The number of benzene rings is 1. The molecule has 1 aromatic carbocycles. The van der Waals surface area contributed by atoms with Crippen LogP contribution in [0.25, 0.3) is 0 Å². The highest BCUT2D eigenvalue weighted by atomic mass is 16.5. The minimum atomic E-state index is 0.205. The molecule has 3 rings (SSSR count). The lowest BCUT2D eigenvalue weighted by atomic mass is 9.71. The van der Waals surface area contributed by atoms with Gasteiger partial charge in [-0.3, -0.25) is 9.69 Å². The van der Waals surface area contributed by atoms with Crippen LogP contribution >= 0.6 is 0 Å². The second-order valence-corrected chi connectivity index (χ2v) is 7.86. The normalized spacial score (nSPS) is 23.3. The SMILES string of the molecule is CCc1ccc(CN2CCC3(CC2)CN(C(C)=O)CC3COC)cc1. The van der Waals surface area contributed by atoms with Crippen LogP contribution in [0, 0.1) is 11.3 Å². The first-order valence-electron chi connectivity index (χ1n) is 9.61. The van der Waals surface area contributed by atoms with Crippen molar-refractivity contribution in [2.45, 2.75) is 39.7 Å². The number of piperidine rings is 1. The largest absolute Gasteiger partial charge is 0.384 e.